The zero-order valence-corrected chi connectivity index (χ0v) is 47.4. The second-order valence-corrected chi connectivity index (χ2v) is 25.3. The van der Waals surface area contributed by atoms with Crippen molar-refractivity contribution < 1.29 is 76.3 Å². The minimum absolute atomic E-state index is 0.0657. The van der Waals surface area contributed by atoms with Crippen molar-refractivity contribution in [2.24, 2.45) is 0 Å². The number of esters is 8. The molecule has 24 heteroatoms. The van der Waals surface area contributed by atoms with Crippen molar-refractivity contribution in [3.8, 4) is 0 Å². The highest BCUT2D eigenvalue weighted by molar-refractivity contribution is 8.31. The number of benzene rings is 3. The summed E-state index contributed by atoms with van der Waals surface area (Å²) in [5, 5.41) is 0. The first-order chi connectivity index (χ1) is 36.6. The van der Waals surface area contributed by atoms with Gasteiger partial charge in [0.15, 0.2) is 0 Å². The molecule has 0 atom stereocenters. The molecule has 0 unspecified atom stereocenters. The number of methoxy groups -OCH3 is 8. The highest BCUT2D eigenvalue weighted by atomic mass is 32.2. The molecule has 4 aliphatic heterocycles. The van der Waals surface area contributed by atoms with Crippen LogP contribution in [0, 0.1) is 0 Å². The molecule has 0 radical (unpaired) electrons. The lowest BCUT2D eigenvalue weighted by molar-refractivity contribution is -0.138. The monoisotopic (exact) mass is 1170 g/mol. The molecule has 0 N–H and O–H groups in total. The van der Waals surface area contributed by atoms with Crippen LogP contribution in [-0.2, 0) is 76.3 Å². The smallest absolute Gasteiger partial charge is 0.346 e. The van der Waals surface area contributed by atoms with Crippen LogP contribution in [0.3, 0.4) is 0 Å². The Hall–Kier alpha value is -5.86. The van der Waals surface area contributed by atoms with Gasteiger partial charge in [0.25, 0.3) is 0 Å². The van der Waals surface area contributed by atoms with Crippen molar-refractivity contribution in [1.29, 1.82) is 0 Å². The van der Waals surface area contributed by atoms with E-state index in [1.54, 1.807) is 0 Å². The molecule has 10 rings (SSSR count). The van der Waals surface area contributed by atoms with Crippen LogP contribution in [0.25, 0.3) is 24.3 Å². The first-order valence-corrected chi connectivity index (χ1v) is 28.5. The van der Waals surface area contributed by atoms with E-state index >= 15 is 0 Å². The van der Waals surface area contributed by atoms with Crippen molar-refractivity contribution in [2.75, 3.05) is 56.9 Å². The second-order valence-electron chi connectivity index (χ2n) is 15.9. The SMILES string of the molecule is COC(=O)C1=C(C(=O)OC)SC(=Cc2ccc(C=C3SC(C(=O)OC)=C(C(=O)OC)S3)c3c2C2c4ccccc4C3c3c(C=C4SC(C(=O)OC)=C(C(=O)OC)S4)ccc(C=C4SC(C(=O)OC)=C(C(=O)OC)S4)c32)S1. The number of ether oxygens (including phenoxy) is 8. The minimum atomic E-state index is -0.710. The molecule has 390 valence electrons. The third-order valence-electron chi connectivity index (χ3n) is 12.0. The van der Waals surface area contributed by atoms with Crippen molar-refractivity contribution in [1.82, 2.24) is 0 Å². The van der Waals surface area contributed by atoms with Gasteiger partial charge in [0.2, 0.25) is 0 Å². The first kappa shape index (κ1) is 54.9. The molecule has 0 saturated heterocycles. The van der Waals surface area contributed by atoms with Gasteiger partial charge in [0.1, 0.15) is 39.2 Å². The molecule has 0 aromatic heterocycles. The van der Waals surface area contributed by atoms with Gasteiger partial charge in [-0.05, 0) is 79.9 Å². The predicted octanol–water partition coefficient (Wildman–Crippen LogP) is 10.0. The molecule has 0 amide bonds. The molecule has 4 heterocycles. The van der Waals surface area contributed by atoms with E-state index in [0.29, 0.717) is 16.9 Å². The van der Waals surface area contributed by atoms with E-state index in [2.05, 4.69) is 12.1 Å². The maximum Gasteiger partial charge on any atom is 0.346 e. The summed E-state index contributed by atoms with van der Waals surface area (Å²) in [6, 6.07) is 15.7. The van der Waals surface area contributed by atoms with Crippen LogP contribution in [0.1, 0.15) is 67.5 Å². The second kappa shape index (κ2) is 23.0. The van der Waals surface area contributed by atoms with Gasteiger partial charge < -0.3 is 37.9 Å². The molecular weight excluding hydrogens is 1140 g/mol. The van der Waals surface area contributed by atoms with Gasteiger partial charge in [-0.15, -0.1) is 0 Å². The van der Waals surface area contributed by atoms with E-state index in [4.69, 9.17) is 37.9 Å². The molecule has 0 fully saturated rings. The van der Waals surface area contributed by atoms with E-state index < -0.39 is 59.6 Å². The van der Waals surface area contributed by atoms with Gasteiger partial charge in [-0.25, -0.2) is 38.4 Å². The highest BCUT2D eigenvalue weighted by Crippen LogP contribution is 2.63. The van der Waals surface area contributed by atoms with Crippen LogP contribution in [0.15, 0.2) is 105 Å². The van der Waals surface area contributed by atoms with Crippen LogP contribution in [0.5, 0.6) is 0 Å². The summed E-state index contributed by atoms with van der Waals surface area (Å²) in [6.45, 7) is 0. The molecule has 76 heavy (non-hydrogen) atoms. The van der Waals surface area contributed by atoms with Gasteiger partial charge >= 0.3 is 47.8 Å². The maximum absolute atomic E-state index is 13.1. The number of rotatable bonds is 12. The number of hydrogen-bond donors (Lipinski definition) is 0. The molecule has 16 nitrogen and oxygen atoms in total. The predicted molar refractivity (Wildman–Crippen MR) is 298 cm³/mol. The van der Waals surface area contributed by atoms with Gasteiger partial charge in [-0.1, -0.05) is 143 Å². The summed E-state index contributed by atoms with van der Waals surface area (Å²) in [5.41, 5.74) is 8.17. The van der Waals surface area contributed by atoms with E-state index in [1.165, 1.54) is 56.9 Å². The molecular formula is C52H38O16S8. The van der Waals surface area contributed by atoms with Gasteiger partial charge in [0, 0.05) is 11.8 Å². The summed E-state index contributed by atoms with van der Waals surface area (Å²) in [6.07, 6.45) is 7.61. The van der Waals surface area contributed by atoms with Crippen LogP contribution in [0.4, 0.5) is 0 Å². The number of hydrogen-bond acceptors (Lipinski definition) is 24. The lowest BCUT2D eigenvalue weighted by Gasteiger charge is -2.45. The topological polar surface area (TPSA) is 210 Å². The number of carbonyl (C=O) groups excluding carboxylic acids is 8. The normalized spacial score (nSPS) is 17.9. The summed E-state index contributed by atoms with van der Waals surface area (Å²) >= 11 is 8.58. The Bertz CT molecular complexity index is 2890. The standard InChI is InChI=1S/C52H38O16S8/c1-61-45(53)37-38(46(54)62-2)70-27(69-37)17-21-13-14-22(18-28-71-39(47(55)63-3)40(72-28)48(56)64-4)32-31(21)35-25-11-9-10-12-26(25)36(32)34-24(20-30-75-43(51(59)67-7)44(76-30)52(60)68-8)16-15-23(33(34)35)19-29-73-41(49(57)65-5)42(74-29)50(58)66-6/h9-20,35-36H,1-8H3. The average Bonchev–Trinajstić information content (AvgIpc) is 4.32. The van der Waals surface area contributed by atoms with Crippen molar-refractivity contribution >= 4 is 166 Å². The summed E-state index contributed by atoms with van der Waals surface area (Å²) in [4.78, 5) is 105. The Morgan fingerprint density at radius 1 is 0.303 bits per heavy atom. The Morgan fingerprint density at radius 2 is 0.474 bits per heavy atom. The van der Waals surface area contributed by atoms with Crippen LogP contribution in [-0.4, -0.2) is 105 Å². The Balaban J connectivity index is 1.31. The Kier molecular flexibility index (Phi) is 16.6. The zero-order valence-electron chi connectivity index (χ0n) is 40.9. The lowest BCUT2D eigenvalue weighted by Crippen LogP contribution is -2.30. The van der Waals surface area contributed by atoms with E-state index in [-0.39, 0.29) is 39.2 Å². The fourth-order valence-corrected chi connectivity index (χ4v) is 18.4. The minimum Gasteiger partial charge on any atom is -0.465 e. The molecule has 3 aliphatic carbocycles. The third kappa shape index (κ3) is 10.0. The summed E-state index contributed by atoms with van der Waals surface area (Å²) in [5.74, 6) is -6.83. The Labute approximate surface area is 468 Å². The maximum atomic E-state index is 13.1. The van der Waals surface area contributed by atoms with Crippen LogP contribution >= 0.6 is 94.1 Å². The molecule has 3 aromatic carbocycles. The third-order valence-corrected chi connectivity index (χ3v) is 21.7. The Morgan fingerprint density at radius 3 is 0.632 bits per heavy atom. The first-order valence-electron chi connectivity index (χ1n) is 22.0. The largest absolute Gasteiger partial charge is 0.465 e. The lowest BCUT2D eigenvalue weighted by atomic mass is 9.57. The zero-order chi connectivity index (χ0) is 54.3. The van der Waals surface area contributed by atoms with Crippen LogP contribution in [0.2, 0.25) is 0 Å². The fourth-order valence-electron chi connectivity index (χ4n) is 8.90. The highest BCUT2D eigenvalue weighted by Gasteiger charge is 2.47. The quantitative estimate of drug-likeness (QED) is 0.0840. The molecule has 2 bridgehead atoms. The van der Waals surface area contributed by atoms with E-state index in [0.717, 1.165) is 150 Å². The van der Waals surface area contributed by atoms with Gasteiger partial charge in [-0.2, -0.15) is 0 Å². The van der Waals surface area contributed by atoms with E-state index in [9.17, 15) is 38.4 Å². The fraction of sp³-hybridized carbons (Fsp3) is 0.192. The summed E-state index contributed by atoms with van der Waals surface area (Å²) < 4.78 is 42.9. The molecule has 7 aliphatic rings. The van der Waals surface area contributed by atoms with Crippen molar-refractivity contribution in [2.45, 2.75) is 11.8 Å². The number of carbonyl (C=O) groups is 8. The molecule has 0 saturated carbocycles. The van der Waals surface area contributed by atoms with Gasteiger partial charge in [-0.3, -0.25) is 0 Å². The van der Waals surface area contributed by atoms with Crippen LogP contribution < -0.4 is 0 Å². The average molecular weight is 1180 g/mol. The molecule has 0 spiro atoms. The van der Waals surface area contributed by atoms with Crippen molar-refractivity contribution in [3.63, 3.8) is 0 Å². The number of thioether (sulfide) groups is 8. The van der Waals surface area contributed by atoms with E-state index in [1.807, 2.05) is 60.7 Å². The van der Waals surface area contributed by atoms with Crippen molar-refractivity contribution in [3.05, 3.63) is 160 Å². The van der Waals surface area contributed by atoms with Gasteiger partial charge in [0.05, 0.1) is 73.8 Å². The summed E-state index contributed by atoms with van der Waals surface area (Å²) in [7, 11) is 9.81. The molecule has 3 aromatic rings.